The zero-order chi connectivity index (χ0) is 9.47. The van der Waals surface area contributed by atoms with Crippen molar-refractivity contribution in [3.63, 3.8) is 0 Å². The highest BCUT2D eigenvalue weighted by molar-refractivity contribution is 5.32. The molecule has 0 atom stereocenters. The average molecular weight is 177 g/mol. The minimum atomic E-state index is -0.336. The maximum Gasteiger partial charge on any atom is 0.116 e. The van der Waals surface area contributed by atoms with Crippen molar-refractivity contribution in [1.82, 2.24) is 9.97 Å². The molecule has 1 aliphatic carbocycles. The normalized spacial score (nSPS) is 15.9. The van der Waals surface area contributed by atoms with Crippen molar-refractivity contribution in [3.05, 3.63) is 23.3 Å². The van der Waals surface area contributed by atoms with Crippen LogP contribution < -0.4 is 5.73 Å². The highest BCUT2D eigenvalue weighted by Crippen LogP contribution is 2.27. The molecular formula is C10H15N3. The Morgan fingerprint density at radius 3 is 2.77 bits per heavy atom. The molecule has 0 radical (unpaired) electrons. The lowest BCUT2D eigenvalue weighted by atomic mass is 9.96. The Labute approximate surface area is 78.4 Å². The summed E-state index contributed by atoms with van der Waals surface area (Å²) in [5, 5.41) is 0. The lowest BCUT2D eigenvalue weighted by molar-refractivity contribution is 0.527. The predicted molar refractivity (Wildman–Crippen MR) is 51.3 cm³/mol. The molecule has 0 saturated carbocycles. The van der Waals surface area contributed by atoms with Gasteiger partial charge >= 0.3 is 0 Å². The Kier molecular flexibility index (Phi) is 1.84. The second-order valence-electron chi connectivity index (χ2n) is 4.22. The van der Waals surface area contributed by atoms with Gasteiger partial charge in [0.2, 0.25) is 0 Å². The number of fused-ring (bicyclic) bond motifs is 1. The van der Waals surface area contributed by atoms with Crippen molar-refractivity contribution in [1.29, 1.82) is 0 Å². The fraction of sp³-hybridized carbons (Fsp3) is 0.600. The first kappa shape index (κ1) is 8.63. The van der Waals surface area contributed by atoms with Crippen molar-refractivity contribution >= 4 is 0 Å². The van der Waals surface area contributed by atoms with Crippen LogP contribution in [0.1, 0.15) is 37.2 Å². The molecule has 13 heavy (non-hydrogen) atoms. The topological polar surface area (TPSA) is 51.8 Å². The number of nitrogens with two attached hydrogens (primary N) is 1. The van der Waals surface area contributed by atoms with Crippen LogP contribution in [0.2, 0.25) is 0 Å². The molecule has 1 aliphatic rings. The van der Waals surface area contributed by atoms with Gasteiger partial charge in [-0.1, -0.05) is 0 Å². The summed E-state index contributed by atoms with van der Waals surface area (Å²) in [6.07, 6.45) is 5.00. The second-order valence-corrected chi connectivity index (χ2v) is 4.22. The zero-order valence-electron chi connectivity index (χ0n) is 8.17. The van der Waals surface area contributed by atoms with Gasteiger partial charge < -0.3 is 5.73 Å². The van der Waals surface area contributed by atoms with Crippen LogP contribution in [0.15, 0.2) is 6.33 Å². The van der Waals surface area contributed by atoms with Crippen LogP contribution in [0, 0.1) is 0 Å². The van der Waals surface area contributed by atoms with Gasteiger partial charge in [0.15, 0.2) is 0 Å². The SMILES string of the molecule is CC(C)(N)c1ncnc2c1CCC2. The van der Waals surface area contributed by atoms with E-state index in [1.54, 1.807) is 6.33 Å². The van der Waals surface area contributed by atoms with E-state index in [1.165, 1.54) is 17.7 Å². The molecule has 0 aromatic carbocycles. The molecule has 1 aromatic rings. The Morgan fingerprint density at radius 2 is 2.08 bits per heavy atom. The van der Waals surface area contributed by atoms with Crippen LogP contribution in [-0.4, -0.2) is 9.97 Å². The summed E-state index contributed by atoms with van der Waals surface area (Å²) in [7, 11) is 0. The van der Waals surface area contributed by atoms with Crippen LogP contribution in [-0.2, 0) is 18.4 Å². The second kappa shape index (κ2) is 2.77. The van der Waals surface area contributed by atoms with E-state index in [4.69, 9.17) is 5.73 Å². The maximum absolute atomic E-state index is 6.04. The number of hydrogen-bond acceptors (Lipinski definition) is 3. The third-order valence-corrected chi connectivity index (χ3v) is 2.49. The summed E-state index contributed by atoms with van der Waals surface area (Å²) in [4.78, 5) is 8.55. The van der Waals surface area contributed by atoms with Crippen molar-refractivity contribution in [2.45, 2.75) is 38.6 Å². The smallest absolute Gasteiger partial charge is 0.116 e. The molecule has 2 rings (SSSR count). The minimum Gasteiger partial charge on any atom is -0.321 e. The predicted octanol–water partition coefficient (Wildman–Crippen LogP) is 1.16. The summed E-state index contributed by atoms with van der Waals surface area (Å²) in [5.41, 5.74) is 9.21. The summed E-state index contributed by atoms with van der Waals surface area (Å²) >= 11 is 0. The summed E-state index contributed by atoms with van der Waals surface area (Å²) in [5.74, 6) is 0. The zero-order valence-corrected chi connectivity index (χ0v) is 8.17. The number of nitrogens with zero attached hydrogens (tertiary/aromatic N) is 2. The highest BCUT2D eigenvalue weighted by atomic mass is 14.9. The van der Waals surface area contributed by atoms with E-state index >= 15 is 0 Å². The summed E-state index contributed by atoms with van der Waals surface area (Å²) in [6.45, 7) is 3.99. The fourth-order valence-electron chi connectivity index (χ4n) is 1.91. The third-order valence-electron chi connectivity index (χ3n) is 2.49. The maximum atomic E-state index is 6.04. The highest BCUT2D eigenvalue weighted by Gasteiger charge is 2.25. The molecule has 2 N–H and O–H groups in total. The van der Waals surface area contributed by atoms with Crippen molar-refractivity contribution < 1.29 is 0 Å². The molecule has 0 unspecified atom stereocenters. The molecular weight excluding hydrogens is 162 g/mol. The number of aromatic nitrogens is 2. The molecule has 0 spiro atoms. The van der Waals surface area contributed by atoms with Gasteiger partial charge in [0.25, 0.3) is 0 Å². The first-order chi connectivity index (χ1) is 6.09. The lowest BCUT2D eigenvalue weighted by Crippen LogP contribution is -2.31. The molecule has 0 amide bonds. The van der Waals surface area contributed by atoms with Crippen LogP contribution in [0.25, 0.3) is 0 Å². The molecule has 0 bridgehead atoms. The molecule has 3 heteroatoms. The standard InChI is InChI=1S/C10H15N3/c1-10(2,11)9-7-4-3-5-8(7)12-6-13-9/h6H,3-5,11H2,1-2H3. The Balaban J connectivity index is 2.54. The van der Waals surface area contributed by atoms with Crippen LogP contribution in [0.4, 0.5) is 0 Å². The summed E-state index contributed by atoms with van der Waals surface area (Å²) < 4.78 is 0. The van der Waals surface area contributed by atoms with Crippen LogP contribution in [0.3, 0.4) is 0 Å². The lowest BCUT2D eigenvalue weighted by Gasteiger charge is -2.20. The Morgan fingerprint density at radius 1 is 1.31 bits per heavy atom. The van der Waals surface area contributed by atoms with E-state index < -0.39 is 0 Å². The van der Waals surface area contributed by atoms with E-state index in [-0.39, 0.29) is 5.54 Å². The molecule has 0 fully saturated rings. The first-order valence-corrected chi connectivity index (χ1v) is 4.71. The minimum absolute atomic E-state index is 0.336. The number of hydrogen-bond donors (Lipinski definition) is 1. The van der Waals surface area contributed by atoms with Gasteiger partial charge in [-0.25, -0.2) is 9.97 Å². The molecule has 0 aliphatic heterocycles. The average Bonchev–Trinajstić information content (AvgIpc) is 2.48. The number of aryl methyl sites for hydroxylation is 1. The van der Waals surface area contributed by atoms with Crippen molar-refractivity contribution in [2.75, 3.05) is 0 Å². The van der Waals surface area contributed by atoms with E-state index in [2.05, 4.69) is 9.97 Å². The third kappa shape index (κ3) is 1.44. The van der Waals surface area contributed by atoms with Gasteiger partial charge in [-0.3, -0.25) is 0 Å². The quantitative estimate of drug-likeness (QED) is 0.700. The first-order valence-electron chi connectivity index (χ1n) is 4.71. The van der Waals surface area contributed by atoms with Crippen LogP contribution >= 0.6 is 0 Å². The van der Waals surface area contributed by atoms with Gasteiger partial charge in [-0.15, -0.1) is 0 Å². The van der Waals surface area contributed by atoms with E-state index in [1.807, 2.05) is 13.8 Å². The molecule has 70 valence electrons. The largest absolute Gasteiger partial charge is 0.321 e. The molecule has 1 aromatic heterocycles. The number of rotatable bonds is 1. The van der Waals surface area contributed by atoms with Gasteiger partial charge in [0, 0.05) is 5.69 Å². The van der Waals surface area contributed by atoms with E-state index in [0.29, 0.717) is 0 Å². The summed E-state index contributed by atoms with van der Waals surface area (Å²) in [6, 6.07) is 0. The van der Waals surface area contributed by atoms with E-state index in [9.17, 15) is 0 Å². The van der Waals surface area contributed by atoms with Crippen molar-refractivity contribution in [2.24, 2.45) is 5.73 Å². The van der Waals surface area contributed by atoms with Gasteiger partial charge in [0.1, 0.15) is 6.33 Å². The van der Waals surface area contributed by atoms with Gasteiger partial charge in [0.05, 0.1) is 11.2 Å². The fourth-order valence-corrected chi connectivity index (χ4v) is 1.91. The van der Waals surface area contributed by atoms with Crippen molar-refractivity contribution in [3.8, 4) is 0 Å². The molecule has 0 saturated heterocycles. The van der Waals surface area contributed by atoms with Crippen LogP contribution in [0.5, 0.6) is 0 Å². The van der Waals surface area contributed by atoms with Gasteiger partial charge in [-0.05, 0) is 38.7 Å². The monoisotopic (exact) mass is 177 g/mol. The van der Waals surface area contributed by atoms with Gasteiger partial charge in [-0.2, -0.15) is 0 Å². The molecule has 3 nitrogen and oxygen atoms in total. The molecule has 1 heterocycles. The van der Waals surface area contributed by atoms with E-state index in [0.717, 1.165) is 18.5 Å². The Hall–Kier alpha value is -0.960. The Bertz CT molecular complexity index is 325.